The molecule has 4 aromatic rings. The van der Waals surface area contributed by atoms with Crippen molar-refractivity contribution in [3.63, 3.8) is 0 Å². The fraction of sp³-hybridized carbons (Fsp3) is 0.235. The smallest absolute Gasteiger partial charge is 0.130 e. The molecule has 0 fully saturated rings. The summed E-state index contributed by atoms with van der Waals surface area (Å²) < 4.78 is 0. The third-order valence-corrected chi connectivity index (χ3v) is 7.22. The van der Waals surface area contributed by atoms with Crippen molar-refractivity contribution in [2.75, 3.05) is 4.90 Å². The maximum atomic E-state index is 9.38. The van der Waals surface area contributed by atoms with Gasteiger partial charge in [-0.25, -0.2) is 0 Å². The molecule has 0 amide bonds. The Balaban J connectivity index is 1.84. The lowest BCUT2D eigenvalue weighted by atomic mass is 9.82. The van der Waals surface area contributed by atoms with Gasteiger partial charge in [-0.2, -0.15) is 10.5 Å². The lowest BCUT2D eigenvalue weighted by Crippen LogP contribution is -2.18. The Kier molecular flexibility index (Phi) is 5.69. The van der Waals surface area contributed by atoms with E-state index in [1.54, 1.807) is 6.08 Å². The molecule has 37 heavy (non-hydrogen) atoms. The molecule has 0 aromatic heterocycles. The van der Waals surface area contributed by atoms with Crippen LogP contribution in [0.1, 0.15) is 58.2 Å². The second kappa shape index (κ2) is 8.65. The molecule has 0 saturated carbocycles. The van der Waals surface area contributed by atoms with Crippen molar-refractivity contribution in [2.45, 2.75) is 52.4 Å². The molecule has 0 aliphatic carbocycles. The maximum Gasteiger partial charge on any atom is 0.130 e. The van der Waals surface area contributed by atoms with Crippen molar-refractivity contribution in [1.82, 2.24) is 0 Å². The molecule has 0 spiro atoms. The van der Waals surface area contributed by atoms with E-state index in [9.17, 15) is 10.5 Å². The number of nitriles is 2. The third-order valence-electron chi connectivity index (χ3n) is 7.22. The fourth-order valence-electron chi connectivity index (χ4n) is 5.12. The number of allylic oxidation sites excluding steroid dienone is 1. The van der Waals surface area contributed by atoms with Crippen LogP contribution in [-0.4, -0.2) is 0 Å². The van der Waals surface area contributed by atoms with Crippen molar-refractivity contribution in [3.05, 3.63) is 95.1 Å². The lowest BCUT2D eigenvalue weighted by molar-refractivity contribution is 0.590. The van der Waals surface area contributed by atoms with Crippen LogP contribution in [0.5, 0.6) is 0 Å². The molecule has 3 nitrogen and oxygen atoms in total. The first kappa shape index (κ1) is 24.4. The first-order chi connectivity index (χ1) is 17.5. The first-order valence-corrected chi connectivity index (χ1v) is 12.7. The molecule has 0 N–H and O–H groups in total. The summed E-state index contributed by atoms with van der Waals surface area (Å²) in [5, 5.41) is 20.9. The van der Waals surface area contributed by atoms with E-state index in [2.05, 4.69) is 113 Å². The number of fused-ring (bicyclic) bond motifs is 2. The van der Waals surface area contributed by atoms with Crippen molar-refractivity contribution >= 4 is 33.9 Å². The zero-order chi connectivity index (χ0) is 26.5. The molecule has 1 aliphatic rings. The summed E-state index contributed by atoms with van der Waals surface area (Å²) in [6, 6.07) is 30.1. The number of hydrogen-bond donors (Lipinski definition) is 0. The van der Waals surface area contributed by atoms with Gasteiger partial charge in [0.1, 0.15) is 17.7 Å². The van der Waals surface area contributed by atoms with E-state index in [4.69, 9.17) is 0 Å². The Bertz CT molecular complexity index is 1630. The van der Waals surface area contributed by atoms with E-state index in [0.29, 0.717) is 0 Å². The Morgan fingerprint density at radius 2 is 1.32 bits per heavy atom. The van der Waals surface area contributed by atoms with E-state index < -0.39 is 0 Å². The molecule has 0 radical (unpaired) electrons. The molecule has 1 aliphatic heterocycles. The molecular weight excluding hydrogens is 450 g/mol. The Morgan fingerprint density at radius 3 is 1.95 bits per heavy atom. The Hall–Kier alpha value is -4.34. The van der Waals surface area contributed by atoms with Crippen LogP contribution >= 0.6 is 0 Å². The van der Waals surface area contributed by atoms with E-state index in [1.807, 2.05) is 18.2 Å². The van der Waals surface area contributed by atoms with E-state index in [1.165, 1.54) is 22.3 Å². The quantitative estimate of drug-likeness (QED) is 0.236. The molecule has 5 rings (SSSR count). The topological polar surface area (TPSA) is 50.8 Å². The van der Waals surface area contributed by atoms with Crippen LogP contribution in [0.25, 0.3) is 28.0 Å². The standard InChI is InChI=1S/C34H31N3/c1-33(2,3)24-11-14-26(15-12-24)37-30-17-13-25(34(4,5)6)19-29(30)28-9-7-8-27-23(18-22(20-35)21-36)10-16-31(37)32(27)28/h7-19H,1-6H3. The molecule has 0 unspecified atom stereocenters. The summed E-state index contributed by atoms with van der Waals surface area (Å²) in [6.45, 7) is 13.4. The number of benzene rings is 4. The minimum atomic E-state index is 0.0153. The van der Waals surface area contributed by atoms with Crippen LogP contribution < -0.4 is 4.90 Å². The second-order valence-electron chi connectivity index (χ2n) is 11.8. The van der Waals surface area contributed by atoms with Gasteiger partial charge in [-0.1, -0.05) is 84.0 Å². The monoisotopic (exact) mass is 481 g/mol. The highest BCUT2D eigenvalue weighted by atomic mass is 15.2. The van der Waals surface area contributed by atoms with Gasteiger partial charge in [-0.15, -0.1) is 0 Å². The van der Waals surface area contributed by atoms with Gasteiger partial charge in [0.25, 0.3) is 0 Å². The van der Waals surface area contributed by atoms with Gasteiger partial charge in [0.05, 0.1) is 11.4 Å². The number of hydrogen-bond acceptors (Lipinski definition) is 3. The highest BCUT2D eigenvalue weighted by Crippen LogP contribution is 2.52. The van der Waals surface area contributed by atoms with Gasteiger partial charge >= 0.3 is 0 Å². The van der Waals surface area contributed by atoms with Crippen LogP contribution in [0.15, 0.2) is 78.4 Å². The van der Waals surface area contributed by atoms with Crippen molar-refractivity contribution in [1.29, 1.82) is 10.5 Å². The molecule has 0 atom stereocenters. The van der Waals surface area contributed by atoms with Crippen LogP contribution in [-0.2, 0) is 10.8 Å². The lowest BCUT2D eigenvalue weighted by Gasteiger charge is -2.35. The van der Waals surface area contributed by atoms with E-state index >= 15 is 0 Å². The Labute approximate surface area is 219 Å². The minimum Gasteiger partial charge on any atom is -0.309 e. The molecule has 3 heteroatoms. The Morgan fingerprint density at radius 1 is 0.703 bits per heavy atom. The van der Waals surface area contributed by atoms with Crippen LogP contribution in [0.2, 0.25) is 0 Å². The van der Waals surface area contributed by atoms with Gasteiger partial charge in [-0.05, 0) is 74.9 Å². The molecule has 1 heterocycles. The average molecular weight is 482 g/mol. The summed E-state index contributed by atoms with van der Waals surface area (Å²) in [5.74, 6) is 0. The summed E-state index contributed by atoms with van der Waals surface area (Å²) >= 11 is 0. The predicted molar refractivity (Wildman–Crippen MR) is 154 cm³/mol. The zero-order valence-corrected chi connectivity index (χ0v) is 22.3. The molecule has 0 saturated heterocycles. The summed E-state index contributed by atoms with van der Waals surface area (Å²) in [4.78, 5) is 2.34. The van der Waals surface area contributed by atoms with Gasteiger partial charge < -0.3 is 4.90 Å². The number of anilines is 3. The summed E-state index contributed by atoms with van der Waals surface area (Å²) in [7, 11) is 0. The van der Waals surface area contributed by atoms with Crippen LogP contribution in [0, 0.1) is 22.7 Å². The highest BCUT2D eigenvalue weighted by Gasteiger charge is 2.28. The molecular formula is C34H31N3. The highest BCUT2D eigenvalue weighted by molar-refractivity contribution is 6.15. The van der Waals surface area contributed by atoms with Crippen LogP contribution in [0.3, 0.4) is 0 Å². The van der Waals surface area contributed by atoms with Crippen molar-refractivity contribution < 1.29 is 0 Å². The maximum absolute atomic E-state index is 9.38. The minimum absolute atomic E-state index is 0.0153. The van der Waals surface area contributed by atoms with Crippen LogP contribution in [0.4, 0.5) is 17.1 Å². The number of rotatable bonds is 2. The van der Waals surface area contributed by atoms with Crippen molar-refractivity contribution in [3.8, 4) is 23.3 Å². The van der Waals surface area contributed by atoms with E-state index in [-0.39, 0.29) is 16.4 Å². The number of nitrogens with zero attached hydrogens (tertiary/aromatic N) is 3. The fourth-order valence-corrected chi connectivity index (χ4v) is 5.12. The third kappa shape index (κ3) is 4.18. The zero-order valence-electron chi connectivity index (χ0n) is 22.3. The normalized spacial score (nSPS) is 12.5. The van der Waals surface area contributed by atoms with Gasteiger partial charge in [0.15, 0.2) is 0 Å². The first-order valence-electron chi connectivity index (χ1n) is 12.7. The predicted octanol–water partition coefficient (Wildman–Crippen LogP) is 9.32. The molecule has 0 bridgehead atoms. The van der Waals surface area contributed by atoms with Crippen molar-refractivity contribution in [2.24, 2.45) is 0 Å². The average Bonchev–Trinajstić information content (AvgIpc) is 2.87. The molecule has 4 aromatic carbocycles. The molecule has 182 valence electrons. The van der Waals surface area contributed by atoms with E-state index in [0.717, 1.165) is 33.4 Å². The summed E-state index contributed by atoms with van der Waals surface area (Å²) in [5.41, 5.74) is 9.34. The van der Waals surface area contributed by atoms with Gasteiger partial charge in [0.2, 0.25) is 0 Å². The SMILES string of the molecule is CC(C)(C)c1ccc(N2c3ccc(C(C)(C)C)cc3-c3cccc4c(C=C(C#N)C#N)ccc2c34)cc1. The van der Waals surface area contributed by atoms with Gasteiger partial charge in [-0.3, -0.25) is 0 Å². The summed E-state index contributed by atoms with van der Waals surface area (Å²) in [6.07, 6.45) is 1.69. The largest absolute Gasteiger partial charge is 0.309 e. The van der Waals surface area contributed by atoms with Gasteiger partial charge in [0, 0.05) is 16.6 Å². The second-order valence-corrected chi connectivity index (χ2v) is 11.8.